The van der Waals surface area contributed by atoms with Crippen molar-refractivity contribution in [3.8, 4) is 57.1 Å². The van der Waals surface area contributed by atoms with Gasteiger partial charge in [0.05, 0.1) is 73.2 Å². The molecule has 3 heterocycles. The van der Waals surface area contributed by atoms with Crippen LogP contribution in [0.15, 0.2) is 47.6 Å². The lowest BCUT2D eigenvalue weighted by molar-refractivity contribution is 0.0470. The normalized spacial score (nSPS) is 17.5. The van der Waals surface area contributed by atoms with Gasteiger partial charge in [-0.1, -0.05) is 0 Å². The van der Waals surface area contributed by atoms with Gasteiger partial charge in [0.15, 0.2) is 34.5 Å². The van der Waals surface area contributed by atoms with Crippen LogP contribution in [-0.4, -0.2) is 85.5 Å². The van der Waals surface area contributed by atoms with Crippen molar-refractivity contribution in [3.05, 3.63) is 53.7 Å². The summed E-state index contributed by atoms with van der Waals surface area (Å²) < 4.78 is 47.0. The minimum absolute atomic E-state index is 0.0163. The number of fused-ring (bicyclic) bond motifs is 2. The molecule has 13 nitrogen and oxygen atoms in total. The van der Waals surface area contributed by atoms with Crippen molar-refractivity contribution < 1.29 is 47.5 Å². The molecule has 3 aromatic rings. The largest absolute Gasteiger partial charge is 0.493 e. The van der Waals surface area contributed by atoms with Gasteiger partial charge in [-0.05, 0) is 43.2 Å². The first-order chi connectivity index (χ1) is 24.0. The van der Waals surface area contributed by atoms with Crippen LogP contribution in [0.1, 0.15) is 41.3 Å². The molecule has 3 aliphatic rings. The first-order valence-corrected chi connectivity index (χ1v) is 16.0. The number of benzene rings is 3. The van der Waals surface area contributed by atoms with Crippen molar-refractivity contribution in [1.82, 2.24) is 10.4 Å². The quantitative estimate of drug-likeness (QED) is 0.213. The summed E-state index contributed by atoms with van der Waals surface area (Å²) in [6.45, 7) is 1.28. The minimum atomic E-state index is -0.467. The molecule has 3 aromatic carbocycles. The van der Waals surface area contributed by atoms with Crippen molar-refractivity contribution in [2.75, 3.05) is 62.4 Å². The Bertz CT molecular complexity index is 1760. The third-order valence-corrected chi connectivity index (χ3v) is 8.72. The Labute approximate surface area is 285 Å². The molecule has 0 spiro atoms. The van der Waals surface area contributed by atoms with Gasteiger partial charge >= 0.3 is 0 Å². The van der Waals surface area contributed by atoms with E-state index in [4.69, 9.17) is 42.7 Å². The Balaban J connectivity index is 1.26. The van der Waals surface area contributed by atoms with E-state index in [2.05, 4.69) is 10.5 Å². The van der Waals surface area contributed by atoms with E-state index < -0.39 is 6.10 Å². The molecule has 0 aromatic heterocycles. The molecule has 0 radical (unpaired) electrons. The summed E-state index contributed by atoms with van der Waals surface area (Å²) in [4.78, 5) is 25.5. The molecule has 1 amide bonds. The Hall–Kier alpha value is -5.30. The molecule has 3 aliphatic heterocycles. The predicted octanol–water partition coefficient (Wildman–Crippen LogP) is 5.66. The lowest BCUT2D eigenvalue weighted by atomic mass is 9.92. The molecule has 0 bridgehead atoms. The highest BCUT2D eigenvalue weighted by molar-refractivity contribution is 6.03. The van der Waals surface area contributed by atoms with Crippen molar-refractivity contribution >= 4 is 17.8 Å². The number of methoxy groups -OCH3 is 6. The van der Waals surface area contributed by atoms with Crippen LogP contribution in [-0.2, 0) is 4.84 Å². The first-order valence-electron chi connectivity index (χ1n) is 16.0. The van der Waals surface area contributed by atoms with Crippen LogP contribution in [0.25, 0.3) is 11.1 Å². The van der Waals surface area contributed by atoms with E-state index in [-0.39, 0.29) is 18.6 Å². The van der Waals surface area contributed by atoms with Crippen LogP contribution in [0.3, 0.4) is 0 Å². The van der Waals surface area contributed by atoms with Crippen molar-refractivity contribution in [2.24, 2.45) is 4.99 Å². The minimum Gasteiger partial charge on any atom is -0.493 e. The SMILES string of the molecule is COc1cc2c(cc1OCCCOc1c(OC)cc(C3C=CNO3)c(-c3ccc(OC)c(OC)c3OC)c1OC)N=C[C@@H]1CCCN1C2=O. The molecule has 1 N–H and O–H groups in total. The smallest absolute Gasteiger partial charge is 0.256 e. The monoisotopic (exact) mass is 675 g/mol. The van der Waals surface area contributed by atoms with Crippen molar-refractivity contribution in [2.45, 2.75) is 31.4 Å². The van der Waals surface area contributed by atoms with Gasteiger partial charge in [0.25, 0.3) is 5.91 Å². The van der Waals surface area contributed by atoms with E-state index in [1.807, 2.05) is 29.3 Å². The van der Waals surface area contributed by atoms with Crippen LogP contribution in [0.4, 0.5) is 5.69 Å². The zero-order valence-electron chi connectivity index (χ0n) is 28.5. The molecule has 2 atom stereocenters. The lowest BCUT2D eigenvalue weighted by Gasteiger charge is -2.24. The number of ether oxygens (including phenoxy) is 8. The molecule has 1 saturated heterocycles. The molecule has 1 unspecified atom stereocenters. The maximum atomic E-state index is 13.2. The first kappa shape index (κ1) is 33.6. The molecule has 6 rings (SSSR count). The van der Waals surface area contributed by atoms with Crippen LogP contribution in [0, 0.1) is 0 Å². The molecular weight excluding hydrogens is 634 g/mol. The summed E-state index contributed by atoms with van der Waals surface area (Å²) in [6, 6.07) is 9.01. The van der Waals surface area contributed by atoms with E-state index in [9.17, 15) is 4.79 Å². The third-order valence-electron chi connectivity index (χ3n) is 8.72. The topological polar surface area (TPSA) is 128 Å². The van der Waals surface area contributed by atoms with E-state index in [0.29, 0.717) is 81.4 Å². The van der Waals surface area contributed by atoms with Gasteiger partial charge in [0, 0.05) is 48.1 Å². The van der Waals surface area contributed by atoms with Crippen LogP contribution in [0.5, 0.6) is 46.0 Å². The zero-order chi connectivity index (χ0) is 34.5. The molecular formula is C36H41N3O10. The van der Waals surface area contributed by atoms with E-state index in [1.165, 1.54) is 0 Å². The number of rotatable bonds is 14. The number of hydrogen-bond acceptors (Lipinski definition) is 12. The number of nitrogens with zero attached hydrogens (tertiary/aromatic N) is 2. The predicted molar refractivity (Wildman–Crippen MR) is 182 cm³/mol. The summed E-state index contributed by atoms with van der Waals surface area (Å²) >= 11 is 0. The van der Waals surface area contributed by atoms with Gasteiger partial charge in [-0.2, -0.15) is 0 Å². The summed E-state index contributed by atoms with van der Waals surface area (Å²) in [5.74, 6) is 3.57. The Kier molecular flexibility index (Phi) is 10.2. The zero-order valence-corrected chi connectivity index (χ0v) is 28.5. The second kappa shape index (κ2) is 14.9. The summed E-state index contributed by atoms with van der Waals surface area (Å²) in [6.07, 6.45) is 7.36. The number of hydroxylamine groups is 1. The highest BCUT2D eigenvalue weighted by atomic mass is 16.7. The highest BCUT2D eigenvalue weighted by Gasteiger charge is 2.33. The summed E-state index contributed by atoms with van der Waals surface area (Å²) in [5, 5.41) is 0. The second-order valence-electron chi connectivity index (χ2n) is 11.4. The average molecular weight is 676 g/mol. The molecule has 13 heteroatoms. The lowest BCUT2D eigenvalue weighted by Crippen LogP contribution is -2.35. The number of amides is 1. The maximum Gasteiger partial charge on any atom is 0.256 e. The average Bonchev–Trinajstić information content (AvgIpc) is 3.83. The standard InChI is InChI=1S/C36H41N3O10/c1-41-27-11-10-22(32(44-4)33(27)45-5)31-24(26-12-13-38-49-26)18-30(43-3)34(35(31)46-6)48-16-8-15-47-29-19-25-23(17-28(29)42-2)36(40)39-14-7-9-21(39)20-37-25/h10-13,17-21,26,38H,7-9,14-16H2,1-6H3/t21-,26?/m0/s1. The number of carbonyl (C=O) groups is 1. The fraction of sp³-hybridized carbons (Fsp3) is 0.389. The highest BCUT2D eigenvalue weighted by Crippen LogP contribution is 2.54. The fourth-order valence-corrected chi connectivity index (χ4v) is 6.40. The Morgan fingerprint density at radius 3 is 2.24 bits per heavy atom. The third kappa shape index (κ3) is 6.33. The molecule has 0 aliphatic carbocycles. The van der Waals surface area contributed by atoms with Crippen LogP contribution in [0.2, 0.25) is 0 Å². The van der Waals surface area contributed by atoms with Crippen LogP contribution >= 0.6 is 0 Å². The number of aliphatic imine (C=N–C) groups is 1. The van der Waals surface area contributed by atoms with Crippen molar-refractivity contribution in [3.63, 3.8) is 0 Å². The Morgan fingerprint density at radius 1 is 0.796 bits per heavy atom. The van der Waals surface area contributed by atoms with Gasteiger partial charge in [-0.3, -0.25) is 20.1 Å². The van der Waals surface area contributed by atoms with Crippen LogP contribution < -0.4 is 43.4 Å². The molecule has 49 heavy (non-hydrogen) atoms. The fourth-order valence-electron chi connectivity index (χ4n) is 6.40. The summed E-state index contributed by atoms with van der Waals surface area (Å²) in [7, 11) is 9.36. The van der Waals surface area contributed by atoms with Gasteiger partial charge in [-0.25, -0.2) is 0 Å². The molecule has 0 saturated carbocycles. The van der Waals surface area contributed by atoms with E-state index in [0.717, 1.165) is 24.9 Å². The van der Waals surface area contributed by atoms with Gasteiger partial charge in [0.2, 0.25) is 11.5 Å². The Morgan fingerprint density at radius 2 is 1.55 bits per heavy atom. The van der Waals surface area contributed by atoms with E-state index in [1.54, 1.807) is 67.1 Å². The number of carbonyl (C=O) groups excluding carboxylic acids is 1. The maximum absolute atomic E-state index is 13.2. The van der Waals surface area contributed by atoms with E-state index >= 15 is 0 Å². The van der Waals surface area contributed by atoms with Gasteiger partial charge in [-0.15, -0.1) is 0 Å². The second-order valence-corrected chi connectivity index (χ2v) is 11.4. The number of nitrogens with one attached hydrogen (secondary N) is 1. The van der Waals surface area contributed by atoms with Gasteiger partial charge in [0.1, 0.15) is 6.10 Å². The van der Waals surface area contributed by atoms with Gasteiger partial charge < -0.3 is 42.8 Å². The molecule has 1 fully saturated rings. The van der Waals surface area contributed by atoms with Crippen molar-refractivity contribution in [1.29, 1.82) is 0 Å². The molecule has 260 valence electrons. The number of hydrogen-bond donors (Lipinski definition) is 1. The summed E-state index contributed by atoms with van der Waals surface area (Å²) in [5.41, 5.74) is 5.94.